The average molecular weight is 514 g/mol. The first kappa shape index (κ1) is 22.7. The molecule has 34 heavy (non-hydrogen) atoms. The Morgan fingerprint density at radius 1 is 1.29 bits per heavy atom. The summed E-state index contributed by atoms with van der Waals surface area (Å²) in [7, 11) is 1.69. The summed E-state index contributed by atoms with van der Waals surface area (Å²) in [5, 5.41) is 17.1. The summed E-state index contributed by atoms with van der Waals surface area (Å²) in [5.41, 5.74) is 2.22. The molecular formula is C22H19N5O4S3. The van der Waals surface area contributed by atoms with Crippen molar-refractivity contribution in [2.24, 2.45) is 7.05 Å². The van der Waals surface area contributed by atoms with Crippen LogP contribution in [0.25, 0.3) is 21.5 Å². The first-order chi connectivity index (χ1) is 16.4. The molecular weight excluding hydrogens is 494 g/mol. The van der Waals surface area contributed by atoms with Gasteiger partial charge in [-0.25, -0.2) is 9.97 Å². The van der Waals surface area contributed by atoms with Gasteiger partial charge >= 0.3 is 0 Å². The van der Waals surface area contributed by atoms with Crippen molar-refractivity contribution in [1.82, 2.24) is 14.5 Å². The maximum atomic E-state index is 13.0. The van der Waals surface area contributed by atoms with Gasteiger partial charge in [0, 0.05) is 35.0 Å². The summed E-state index contributed by atoms with van der Waals surface area (Å²) in [6.45, 7) is 0. The van der Waals surface area contributed by atoms with Crippen molar-refractivity contribution in [3.63, 3.8) is 0 Å². The van der Waals surface area contributed by atoms with E-state index in [1.54, 1.807) is 35.9 Å². The number of nitrogens with zero attached hydrogens (tertiary/aromatic N) is 4. The van der Waals surface area contributed by atoms with E-state index >= 15 is 0 Å². The summed E-state index contributed by atoms with van der Waals surface area (Å²) in [6.07, 6.45) is 4.16. The molecule has 0 atom stereocenters. The van der Waals surface area contributed by atoms with Crippen molar-refractivity contribution in [1.29, 1.82) is 0 Å². The molecule has 0 fully saturated rings. The molecule has 3 aromatic heterocycles. The largest absolute Gasteiger partial charge is 0.301 e. The lowest BCUT2D eigenvalue weighted by Crippen LogP contribution is -2.21. The van der Waals surface area contributed by atoms with Crippen LogP contribution in [0.15, 0.2) is 39.6 Å². The number of anilines is 1. The predicted molar refractivity (Wildman–Crippen MR) is 135 cm³/mol. The Morgan fingerprint density at radius 3 is 2.94 bits per heavy atom. The zero-order valence-electron chi connectivity index (χ0n) is 18.1. The molecule has 1 aliphatic carbocycles. The third kappa shape index (κ3) is 4.36. The number of amides is 1. The summed E-state index contributed by atoms with van der Waals surface area (Å²) < 4.78 is 1.52. The fourth-order valence-corrected chi connectivity index (χ4v) is 6.73. The second-order valence-electron chi connectivity index (χ2n) is 7.83. The first-order valence-corrected chi connectivity index (χ1v) is 13.2. The van der Waals surface area contributed by atoms with Gasteiger partial charge < -0.3 is 5.32 Å². The van der Waals surface area contributed by atoms with Crippen LogP contribution in [0, 0.1) is 10.1 Å². The summed E-state index contributed by atoms with van der Waals surface area (Å²) in [6, 6.07) is 6.19. The van der Waals surface area contributed by atoms with E-state index in [0.717, 1.165) is 41.5 Å². The number of thiazole rings is 1. The Kier molecular flexibility index (Phi) is 6.19. The van der Waals surface area contributed by atoms with Crippen LogP contribution in [0.1, 0.15) is 23.3 Å². The average Bonchev–Trinajstić information content (AvgIpc) is 3.45. The van der Waals surface area contributed by atoms with E-state index in [0.29, 0.717) is 21.5 Å². The number of thioether (sulfide) groups is 1. The van der Waals surface area contributed by atoms with Gasteiger partial charge in [0.25, 0.3) is 11.2 Å². The number of hydrogen-bond donors (Lipinski definition) is 1. The summed E-state index contributed by atoms with van der Waals surface area (Å²) in [5.74, 6) is -0.201. The highest BCUT2D eigenvalue weighted by atomic mass is 32.2. The topological polar surface area (TPSA) is 120 Å². The summed E-state index contributed by atoms with van der Waals surface area (Å²) in [4.78, 5) is 47.1. The van der Waals surface area contributed by atoms with Gasteiger partial charge in [0.1, 0.15) is 4.83 Å². The standard InChI is InChI=1S/C22H19N5O4S3/c1-26-20(29)18-14-7-2-3-8-16(14)34-19(18)25-22(26)33-11-17(28)24-21-23-15(10-32-21)12-5-4-6-13(9-12)27(30)31/h4-6,9-10H,2-3,7-8,11H2,1H3,(H,23,24,28). The van der Waals surface area contributed by atoms with E-state index in [4.69, 9.17) is 0 Å². The molecule has 0 saturated heterocycles. The molecule has 5 rings (SSSR count). The molecule has 1 amide bonds. The third-order valence-corrected chi connectivity index (χ3v) is 8.56. The molecule has 174 valence electrons. The number of nitrogens with one attached hydrogen (secondary N) is 1. The van der Waals surface area contributed by atoms with Crippen LogP contribution in [-0.2, 0) is 24.7 Å². The fraction of sp³-hybridized carbons (Fsp3) is 0.273. The first-order valence-electron chi connectivity index (χ1n) is 10.5. The van der Waals surface area contributed by atoms with Crippen molar-refractivity contribution >= 4 is 61.4 Å². The summed E-state index contributed by atoms with van der Waals surface area (Å²) >= 11 is 4.03. The maximum absolute atomic E-state index is 13.0. The molecule has 12 heteroatoms. The fourth-order valence-electron chi connectivity index (χ4n) is 3.92. The van der Waals surface area contributed by atoms with Gasteiger partial charge in [0.15, 0.2) is 10.3 Å². The number of fused-ring (bicyclic) bond motifs is 3. The number of aromatic nitrogens is 3. The smallest absolute Gasteiger partial charge is 0.270 e. The lowest BCUT2D eigenvalue weighted by Gasteiger charge is -2.10. The quantitative estimate of drug-likeness (QED) is 0.173. The van der Waals surface area contributed by atoms with E-state index < -0.39 is 4.92 Å². The number of thiophene rings is 1. The zero-order chi connectivity index (χ0) is 23.8. The predicted octanol–water partition coefficient (Wildman–Crippen LogP) is 4.64. The highest BCUT2D eigenvalue weighted by Crippen LogP contribution is 2.34. The van der Waals surface area contributed by atoms with Gasteiger partial charge in [-0.2, -0.15) is 0 Å². The normalized spacial score (nSPS) is 13.1. The molecule has 4 aromatic rings. The van der Waals surface area contributed by atoms with Crippen molar-refractivity contribution in [2.45, 2.75) is 30.8 Å². The van der Waals surface area contributed by atoms with Crippen molar-refractivity contribution in [2.75, 3.05) is 11.1 Å². The maximum Gasteiger partial charge on any atom is 0.270 e. The number of aryl methyl sites for hydroxylation is 2. The second kappa shape index (κ2) is 9.28. The highest BCUT2D eigenvalue weighted by molar-refractivity contribution is 7.99. The van der Waals surface area contributed by atoms with E-state index in [1.165, 1.54) is 44.7 Å². The van der Waals surface area contributed by atoms with Gasteiger partial charge in [-0.05, 0) is 31.2 Å². The van der Waals surface area contributed by atoms with Crippen LogP contribution < -0.4 is 10.9 Å². The number of hydrogen-bond acceptors (Lipinski definition) is 9. The lowest BCUT2D eigenvalue weighted by atomic mass is 9.97. The van der Waals surface area contributed by atoms with Crippen LogP contribution >= 0.6 is 34.4 Å². The molecule has 0 saturated carbocycles. The highest BCUT2D eigenvalue weighted by Gasteiger charge is 2.21. The van der Waals surface area contributed by atoms with Gasteiger partial charge in [0.05, 0.1) is 21.8 Å². The molecule has 9 nitrogen and oxygen atoms in total. The van der Waals surface area contributed by atoms with Crippen LogP contribution in [0.5, 0.6) is 0 Å². The number of nitro benzene ring substituents is 1. The number of rotatable bonds is 6. The molecule has 1 aliphatic rings. The Morgan fingerprint density at radius 2 is 2.12 bits per heavy atom. The monoisotopic (exact) mass is 513 g/mol. The van der Waals surface area contributed by atoms with E-state index in [1.807, 2.05) is 0 Å². The van der Waals surface area contributed by atoms with Gasteiger partial charge in [-0.1, -0.05) is 23.9 Å². The Bertz CT molecular complexity index is 1490. The molecule has 0 unspecified atom stereocenters. The number of carbonyl (C=O) groups is 1. The minimum absolute atomic E-state index is 0.0193. The van der Waals surface area contributed by atoms with Crippen LogP contribution in [-0.4, -0.2) is 31.1 Å². The van der Waals surface area contributed by atoms with Crippen molar-refractivity contribution in [3.05, 3.63) is 60.6 Å². The lowest BCUT2D eigenvalue weighted by molar-refractivity contribution is -0.384. The Labute approximate surface area is 206 Å². The Balaban J connectivity index is 1.28. The molecule has 0 aliphatic heterocycles. The molecule has 3 heterocycles. The van der Waals surface area contributed by atoms with Crippen molar-refractivity contribution < 1.29 is 9.72 Å². The molecule has 0 bridgehead atoms. The van der Waals surface area contributed by atoms with Crippen molar-refractivity contribution in [3.8, 4) is 11.3 Å². The third-order valence-electron chi connectivity index (χ3n) is 5.59. The molecule has 1 aromatic carbocycles. The van der Waals surface area contributed by atoms with Gasteiger partial charge in [-0.3, -0.25) is 24.3 Å². The van der Waals surface area contributed by atoms with E-state index in [9.17, 15) is 19.7 Å². The SMILES string of the molecule is Cn1c(SCC(=O)Nc2nc(-c3cccc([N+](=O)[O-])c3)cs2)nc2sc3c(c2c1=O)CCCC3. The molecule has 1 N–H and O–H groups in total. The molecule has 0 spiro atoms. The van der Waals surface area contributed by atoms with Gasteiger partial charge in [-0.15, -0.1) is 22.7 Å². The van der Waals surface area contributed by atoms with Crippen LogP contribution in [0.4, 0.5) is 10.8 Å². The van der Waals surface area contributed by atoms with Crippen LogP contribution in [0.3, 0.4) is 0 Å². The number of benzene rings is 1. The number of carbonyl (C=O) groups excluding carboxylic acids is 1. The molecule has 0 radical (unpaired) electrons. The zero-order valence-corrected chi connectivity index (χ0v) is 20.5. The van der Waals surface area contributed by atoms with E-state index in [-0.39, 0.29) is 22.9 Å². The minimum atomic E-state index is -0.458. The van der Waals surface area contributed by atoms with Crippen LogP contribution in [0.2, 0.25) is 0 Å². The number of non-ortho nitro benzene ring substituents is 1. The Hall–Kier alpha value is -3.09. The van der Waals surface area contributed by atoms with Gasteiger partial charge in [0.2, 0.25) is 5.91 Å². The minimum Gasteiger partial charge on any atom is -0.301 e. The second-order valence-corrected chi connectivity index (χ2v) is 10.7. The number of nitro groups is 1. The van der Waals surface area contributed by atoms with E-state index in [2.05, 4.69) is 15.3 Å².